The molecule has 0 aliphatic carbocycles. The minimum atomic E-state index is -3.71. The smallest absolute Gasteiger partial charge is 0.278 e. The summed E-state index contributed by atoms with van der Waals surface area (Å²) in [5.41, 5.74) is 1.76. The first kappa shape index (κ1) is 18.5. The van der Waals surface area contributed by atoms with Crippen molar-refractivity contribution in [2.24, 2.45) is 0 Å². The van der Waals surface area contributed by atoms with Gasteiger partial charge in [-0.2, -0.15) is 9.40 Å². The number of halogens is 1. The lowest BCUT2D eigenvalue weighted by molar-refractivity contribution is 0.308. The third-order valence-electron chi connectivity index (χ3n) is 4.82. The molecule has 0 saturated carbocycles. The quantitative estimate of drug-likeness (QED) is 0.566. The number of aromatic nitrogens is 4. The molecule has 4 heterocycles. The highest BCUT2D eigenvalue weighted by Crippen LogP contribution is 2.33. The van der Waals surface area contributed by atoms with Gasteiger partial charge in [0.1, 0.15) is 27.7 Å². The Morgan fingerprint density at radius 3 is 2.59 bits per heavy atom. The number of aryl methyl sites for hydroxylation is 1. The van der Waals surface area contributed by atoms with Crippen LogP contribution in [0.2, 0.25) is 5.02 Å². The molecule has 27 heavy (non-hydrogen) atoms. The molecule has 1 saturated heterocycles. The molecule has 0 aromatic carbocycles. The summed E-state index contributed by atoms with van der Waals surface area (Å²) in [6.45, 7) is 2.20. The molecule has 3 aromatic heterocycles. The fourth-order valence-corrected chi connectivity index (χ4v) is 5.13. The molecule has 8 nitrogen and oxygen atoms in total. The molecular weight excluding hydrogens is 387 g/mol. The number of hydrogen-bond acceptors (Lipinski definition) is 6. The van der Waals surface area contributed by atoms with Crippen molar-refractivity contribution in [2.45, 2.75) is 30.8 Å². The van der Waals surface area contributed by atoms with Gasteiger partial charge in [-0.25, -0.2) is 22.9 Å². The highest BCUT2D eigenvalue weighted by atomic mass is 35.5. The zero-order valence-electron chi connectivity index (χ0n) is 14.5. The third kappa shape index (κ3) is 2.97. The van der Waals surface area contributed by atoms with Crippen LogP contribution < -0.4 is 11.1 Å². The van der Waals surface area contributed by atoms with Gasteiger partial charge in [0.2, 0.25) is 0 Å². The number of nitrogens with zero attached hydrogens (tertiary/aromatic N) is 5. The maximum Gasteiger partial charge on any atom is 0.278 e. The van der Waals surface area contributed by atoms with Crippen LogP contribution in [0.3, 0.4) is 0 Å². The van der Waals surface area contributed by atoms with Crippen LogP contribution in [0.5, 0.6) is 0 Å². The highest BCUT2D eigenvalue weighted by molar-refractivity contribution is 7.89. The molecule has 0 unspecified atom stereocenters. The summed E-state index contributed by atoms with van der Waals surface area (Å²) >= 11 is 6.45. The zero-order chi connectivity index (χ0) is 19.3. The molecule has 3 aromatic rings. The van der Waals surface area contributed by atoms with Crippen LogP contribution in [-0.2, 0) is 10.0 Å². The summed E-state index contributed by atoms with van der Waals surface area (Å²) in [7, 11) is 8.61. The number of pyridine rings is 1. The summed E-state index contributed by atoms with van der Waals surface area (Å²) < 4.78 is 33.4. The van der Waals surface area contributed by atoms with Crippen molar-refractivity contribution in [3.05, 3.63) is 29.0 Å². The lowest BCUT2D eigenvalue weighted by atomic mass is 9.80. The van der Waals surface area contributed by atoms with E-state index in [4.69, 9.17) is 31.7 Å². The first-order valence-electron chi connectivity index (χ1n) is 8.29. The molecule has 4 radical (unpaired) electrons. The van der Waals surface area contributed by atoms with E-state index >= 15 is 0 Å². The van der Waals surface area contributed by atoms with E-state index in [9.17, 15) is 8.42 Å². The normalized spacial score (nSPS) is 17.0. The first-order chi connectivity index (χ1) is 12.8. The van der Waals surface area contributed by atoms with Crippen LogP contribution in [0.15, 0.2) is 22.0 Å². The van der Waals surface area contributed by atoms with Crippen molar-refractivity contribution >= 4 is 54.0 Å². The second kappa shape index (κ2) is 6.65. The Bertz CT molecular complexity index is 1120. The molecule has 12 heteroatoms. The van der Waals surface area contributed by atoms with E-state index in [0.29, 0.717) is 59.1 Å². The average molecular weight is 401 g/mol. The van der Waals surface area contributed by atoms with Gasteiger partial charge in [0.25, 0.3) is 15.1 Å². The number of rotatable bonds is 3. The maximum absolute atomic E-state index is 12.7. The Morgan fingerprint density at radius 1 is 1.26 bits per heavy atom. The van der Waals surface area contributed by atoms with E-state index in [1.54, 1.807) is 6.92 Å². The summed E-state index contributed by atoms with van der Waals surface area (Å²) in [5.74, 6) is 0.260. The predicted octanol–water partition coefficient (Wildman–Crippen LogP) is -0.165. The highest BCUT2D eigenvalue weighted by Gasteiger charge is 2.34. The largest absolute Gasteiger partial charge is 0.428 e. The molecule has 1 aliphatic rings. The molecule has 0 spiro atoms. The van der Waals surface area contributed by atoms with E-state index in [2.05, 4.69) is 15.1 Å². The Morgan fingerprint density at radius 2 is 1.96 bits per heavy atom. The summed E-state index contributed by atoms with van der Waals surface area (Å²) in [5, 5.41) is 4.29. The minimum Gasteiger partial charge on any atom is -0.428 e. The van der Waals surface area contributed by atoms with Gasteiger partial charge in [0, 0.05) is 25.0 Å². The van der Waals surface area contributed by atoms with E-state index < -0.39 is 10.0 Å². The van der Waals surface area contributed by atoms with Gasteiger partial charge in [-0.1, -0.05) is 11.6 Å². The fourth-order valence-electron chi connectivity index (χ4n) is 3.43. The number of piperidine rings is 1. The Kier molecular flexibility index (Phi) is 4.56. The summed E-state index contributed by atoms with van der Waals surface area (Å²) in [6.07, 6.45) is 3.66. The van der Waals surface area contributed by atoms with Crippen molar-refractivity contribution < 1.29 is 12.8 Å². The van der Waals surface area contributed by atoms with Crippen molar-refractivity contribution in [3.63, 3.8) is 0 Å². The van der Waals surface area contributed by atoms with E-state index in [1.165, 1.54) is 21.3 Å². The Balaban J connectivity index is 1.61. The third-order valence-corrected chi connectivity index (χ3v) is 6.97. The lowest BCUT2D eigenvalue weighted by Crippen LogP contribution is -2.39. The number of fused-ring (bicyclic) bond motifs is 1. The van der Waals surface area contributed by atoms with Gasteiger partial charge in [0.15, 0.2) is 5.89 Å². The Hall–Kier alpha value is -1.84. The molecular formula is C15H14B2ClN5O3S. The van der Waals surface area contributed by atoms with Crippen LogP contribution in [0.25, 0.3) is 5.65 Å². The number of hydrogen-bond donors (Lipinski definition) is 0. The van der Waals surface area contributed by atoms with Crippen molar-refractivity contribution in [3.8, 4) is 0 Å². The summed E-state index contributed by atoms with van der Waals surface area (Å²) in [4.78, 5) is 7.93. The van der Waals surface area contributed by atoms with Crippen molar-refractivity contribution in [2.75, 3.05) is 13.1 Å². The average Bonchev–Trinajstić information content (AvgIpc) is 3.30. The van der Waals surface area contributed by atoms with Gasteiger partial charge in [-0.15, -0.1) is 0 Å². The second-order valence-electron chi connectivity index (χ2n) is 6.40. The monoisotopic (exact) mass is 401 g/mol. The molecule has 0 atom stereocenters. The van der Waals surface area contributed by atoms with Gasteiger partial charge in [-0.05, 0) is 35.4 Å². The minimum absolute atomic E-state index is 0.0451. The molecule has 0 bridgehead atoms. The lowest BCUT2D eigenvalue weighted by Gasteiger charge is -2.32. The summed E-state index contributed by atoms with van der Waals surface area (Å²) in [6, 6.07) is 0. The molecule has 0 amide bonds. The van der Waals surface area contributed by atoms with Crippen LogP contribution in [0.4, 0.5) is 0 Å². The maximum atomic E-state index is 12.7. The Labute approximate surface area is 163 Å². The number of oxazole rings is 1. The molecule has 1 aliphatic heterocycles. The van der Waals surface area contributed by atoms with Gasteiger partial charge in [-0.3, -0.25) is 0 Å². The van der Waals surface area contributed by atoms with Crippen LogP contribution in [0, 0.1) is 6.92 Å². The standard InChI is InChI=1S/C15H14B2ClN5O3S/c1-8-19-6-10(26-8)27(24,25)22-4-2-9(3-5-22)11-13(18)12(16)15-20-7-21-23(15)14(11)17/h6-7,9H,2-5H2,1H3. The molecule has 1 fully saturated rings. The molecule has 0 N–H and O–H groups in total. The predicted molar refractivity (Wildman–Crippen MR) is 101 cm³/mol. The first-order valence-corrected chi connectivity index (χ1v) is 10.1. The van der Waals surface area contributed by atoms with Gasteiger partial charge in [0.05, 0.1) is 6.20 Å². The topological polar surface area (TPSA) is 93.6 Å². The number of sulfonamides is 1. The fraction of sp³-hybridized carbons (Fsp3) is 0.400. The van der Waals surface area contributed by atoms with Crippen molar-refractivity contribution in [1.29, 1.82) is 0 Å². The second-order valence-corrected chi connectivity index (χ2v) is 8.65. The SMILES string of the molecule is [B]c1c(Cl)c(C2CCN(S(=O)(=O)c3cnc(C)o3)CC2)c([B])n2ncnc12. The van der Waals surface area contributed by atoms with Crippen LogP contribution in [0.1, 0.15) is 30.2 Å². The van der Waals surface area contributed by atoms with E-state index in [0.717, 1.165) is 0 Å². The van der Waals surface area contributed by atoms with Crippen LogP contribution >= 0.6 is 11.6 Å². The van der Waals surface area contributed by atoms with Crippen LogP contribution in [-0.4, -0.2) is 61.1 Å². The van der Waals surface area contributed by atoms with E-state index in [1.807, 2.05) is 0 Å². The van der Waals surface area contributed by atoms with Gasteiger partial charge >= 0.3 is 0 Å². The van der Waals surface area contributed by atoms with Crippen molar-refractivity contribution in [1.82, 2.24) is 23.9 Å². The molecule has 136 valence electrons. The van der Waals surface area contributed by atoms with E-state index in [-0.39, 0.29) is 11.0 Å². The zero-order valence-corrected chi connectivity index (χ0v) is 16.0. The molecule has 4 rings (SSSR count). The van der Waals surface area contributed by atoms with Gasteiger partial charge < -0.3 is 4.42 Å².